The van der Waals surface area contributed by atoms with Crippen LogP contribution in [0.25, 0.3) is 0 Å². The van der Waals surface area contributed by atoms with Crippen LogP contribution >= 0.6 is 0 Å². The molecule has 0 bridgehead atoms. The zero-order valence-electron chi connectivity index (χ0n) is 9.61. The molecule has 0 aliphatic carbocycles. The summed E-state index contributed by atoms with van der Waals surface area (Å²) < 4.78 is 26.3. The van der Waals surface area contributed by atoms with E-state index >= 15 is 0 Å². The maximum absolute atomic E-state index is 11.3. The molecule has 0 aromatic rings. The van der Waals surface area contributed by atoms with Crippen molar-refractivity contribution in [2.45, 2.75) is 19.9 Å². The van der Waals surface area contributed by atoms with Gasteiger partial charge in [0.25, 0.3) is 0 Å². The monoisotopic (exact) mass is 237 g/mol. The molecule has 0 aromatic heterocycles. The minimum atomic E-state index is -2.99. The van der Waals surface area contributed by atoms with E-state index in [0.29, 0.717) is 0 Å². The van der Waals surface area contributed by atoms with E-state index in [2.05, 4.69) is 10.1 Å². The largest absolute Gasteiger partial charge is 0.468 e. The number of nitrogens with one attached hydrogen (secondary N) is 1. The Hall–Kier alpha value is -0.620. The molecule has 0 spiro atoms. The molecular weight excluding hydrogens is 218 g/mol. The lowest BCUT2D eigenvalue weighted by Gasteiger charge is -2.19. The summed E-state index contributed by atoms with van der Waals surface area (Å²) >= 11 is 0. The van der Waals surface area contributed by atoms with Crippen LogP contribution in [0.15, 0.2) is 0 Å². The molecule has 0 aliphatic heterocycles. The second-order valence-corrected chi connectivity index (χ2v) is 6.09. The van der Waals surface area contributed by atoms with Gasteiger partial charge in [0.05, 0.1) is 12.9 Å². The Kier molecular flexibility index (Phi) is 5.82. The molecule has 0 rings (SSSR count). The van der Waals surface area contributed by atoms with Crippen molar-refractivity contribution in [3.63, 3.8) is 0 Å². The zero-order valence-corrected chi connectivity index (χ0v) is 10.4. The molecule has 0 saturated carbocycles. The van der Waals surface area contributed by atoms with E-state index in [1.165, 1.54) is 7.11 Å². The van der Waals surface area contributed by atoms with Crippen molar-refractivity contribution in [1.29, 1.82) is 0 Å². The van der Waals surface area contributed by atoms with E-state index in [1.807, 2.05) is 13.8 Å². The van der Waals surface area contributed by atoms with Crippen molar-refractivity contribution in [2.24, 2.45) is 5.92 Å². The summed E-state index contributed by atoms with van der Waals surface area (Å²) in [6.45, 7) is 4.00. The number of esters is 1. The third kappa shape index (κ3) is 6.46. The quantitative estimate of drug-likeness (QED) is 0.649. The number of hydrogen-bond acceptors (Lipinski definition) is 5. The molecule has 6 heteroatoms. The van der Waals surface area contributed by atoms with Gasteiger partial charge in [-0.05, 0) is 5.92 Å². The zero-order chi connectivity index (χ0) is 12.1. The van der Waals surface area contributed by atoms with Gasteiger partial charge in [-0.25, -0.2) is 8.42 Å². The van der Waals surface area contributed by atoms with Crippen LogP contribution in [0.1, 0.15) is 13.8 Å². The second kappa shape index (κ2) is 6.07. The van der Waals surface area contributed by atoms with E-state index in [0.717, 1.165) is 6.26 Å². The van der Waals surface area contributed by atoms with Crippen molar-refractivity contribution >= 4 is 15.8 Å². The van der Waals surface area contributed by atoms with E-state index in [-0.39, 0.29) is 24.2 Å². The van der Waals surface area contributed by atoms with Gasteiger partial charge in [0.1, 0.15) is 15.9 Å². The van der Waals surface area contributed by atoms with Crippen molar-refractivity contribution in [3.8, 4) is 0 Å². The molecule has 1 N–H and O–H groups in total. The Morgan fingerprint density at radius 3 is 2.27 bits per heavy atom. The minimum absolute atomic E-state index is 0.0210. The van der Waals surface area contributed by atoms with Crippen LogP contribution in [0.2, 0.25) is 0 Å². The molecular formula is C9H19NO4S. The molecule has 0 aliphatic rings. The van der Waals surface area contributed by atoms with E-state index in [1.54, 1.807) is 0 Å². The molecule has 90 valence electrons. The highest BCUT2D eigenvalue weighted by Crippen LogP contribution is 2.03. The van der Waals surface area contributed by atoms with Crippen molar-refractivity contribution in [1.82, 2.24) is 5.32 Å². The van der Waals surface area contributed by atoms with Gasteiger partial charge in [-0.1, -0.05) is 13.8 Å². The SMILES string of the molecule is COC(=O)C(NCCS(C)(=O)=O)C(C)C. The Bertz CT molecular complexity index is 297. The maximum atomic E-state index is 11.3. The van der Waals surface area contributed by atoms with Crippen LogP contribution in [-0.4, -0.2) is 46.1 Å². The Balaban J connectivity index is 4.15. The average molecular weight is 237 g/mol. The molecule has 0 amide bonds. The number of sulfone groups is 1. The minimum Gasteiger partial charge on any atom is -0.468 e. The summed E-state index contributed by atoms with van der Waals surface area (Å²) in [6.07, 6.45) is 1.16. The predicted octanol–water partition coefficient (Wildman–Crippen LogP) is -0.182. The number of carbonyl (C=O) groups is 1. The molecule has 0 saturated heterocycles. The fourth-order valence-electron chi connectivity index (χ4n) is 1.12. The first kappa shape index (κ1) is 14.4. The van der Waals surface area contributed by atoms with Gasteiger partial charge >= 0.3 is 5.97 Å². The number of methoxy groups -OCH3 is 1. The van der Waals surface area contributed by atoms with Gasteiger partial charge in [-0.15, -0.1) is 0 Å². The topological polar surface area (TPSA) is 72.5 Å². The Labute approximate surface area is 91.1 Å². The van der Waals surface area contributed by atoms with Crippen molar-refractivity contribution < 1.29 is 17.9 Å². The molecule has 1 atom stereocenters. The van der Waals surface area contributed by atoms with Gasteiger partial charge in [-0.3, -0.25) is 4.79 Å². The van der Waals surface area contributed by atoms with Crippen LogP contribution in [0.3, 0.4) is 0 Å². The van der Waals surface area contributed by atoms with Crippen LogP contribution in [0.5, 0.6) is 0 Å². The number of carbonyl (C=O) groups excluding carboxylic acids is 1. The van der Waals surface area contributed by atoms with Gasteiger partial charge in [0, 0.05) is 12.8 Å². The average Bonchev–Trinajstić information content (AvgIpc) is 2.09. The van der Waals surface area contributed by atoms with Crippen LogP contribution in [-0.2, 0) is 19.4 Å². The lowest BCUT2D eigenvalue weighted by molar-refractivity contribution is -0.144. The lowest BCUT2D eigenvalue weighted by atomic mass is 10.1. The fourth-order valence-corrected chi connectivity index (χ4v) is 1.61. The number of hydrogen-bond donors (Lipinski definition) is 1. The molecule has 0 radical (unpaired) electrons. The first-order chi connectivity index (χ1) is 6.78. The Morgan fingerprint density at radius 1 is 1.40 bits per heavy atom. The highest BCUT2D eigenvalue weighted by Gasteiger charge is 2.22. The first-order valence-electron chi connectivity index (χ1n) is 4.77. The molecule has 1 unspecified atom stereocenters. The number of ether oxygens (including phenoxy) is 1. The molecule has 0 heterocycles. The molecule has 15 heavy (non-hydrogen) atoms. The van der Waals surface area contributed by atoms with Gasteiger partial charge in [0.2, 0.25) is 0 Å². The highest BCUT2D eigenvalue weighted by molar-refractivity contribution is 7.90. The van der Waals surface area contributed by atoms with E-state index in [9.17, 15) is 13.2 Å². The molecule has 5 nitrogen and oxygen atoms in total. The maximum Gasteiger partial charge on any atom is 0.323 e. The summed E-state index contributed by atoms with van der Waals surface area (Å²) in [6, 6.07) is -0.447. The van der Waals surface area contributed by atoms with Crippen molar-refractivity contribution in [2.75, 3.05) is 25.7 Å². The van der Waals surface area contributed by atoms with Crippen LogP contribution < -0.4 is 5.32 Å². The van der Waals surface area contributed by atoms with Crippen LogP contribution in [0.4, 0.5) is 0 Å². The summed E-state index contributed by atoms with van der Waals surface area (Å²) in [5.41, 5.74) is 0. The van der Waals surface area contributed by atoms with Gasteiger partial charge in [-0.2, -0.15) is 0 Å². The second-order valence-electron chi connectivity index (χ2n) is 3.83. The molecule has 0 fully saturated rings. The van der Waals surface area contributed by atoms with Crippen molar-refractivity contribution in [3.05, 3.63) is 0 Å². The first-order valence-corrected chi connectivity index (χ1v) is 6.83. The third-order valence-electron chi connectivity index (χ3n) is 1.96. The Morgan fingerprint density at radius 2 is 1.93 bits per heavy atom. The number of rotatable bonds is 6. The van der Waals surface area contributed by atoms with E-state index < -0.39 is 15.9 Å². The predicted molar refractivity (Wildman–Crippen MR) is 58.4 cm³/mol. The van der Waals surface area contributed by atoms with Crippen LogP contribution in [0, 0.1) is 5.92 Å². The molecule has 0 aromatic carbocycles. The van der Waals surface area contributed by atoms with Gasteiger partial charge < -0.3 is 10.1 Å². The standard InChI is InChI=1S/C9H19NO4S/c1-7(2)8(9(11)14-3)10-5-6-15(4,12)13/h7-8,10H,5-6H2,1-4H3. The highest BCUT2D eigenvalue weighted by atomic mass is 32.2. The smallest absolute Gasteiger partial charge is 0.323 e. The lowest BCUT2D eigenvalue weighted by Crippen LogP contribution is -2.43. The van der Waals surface area contributed by atoms with E-state index in [4.69, 9.17) is 0 Å². The third-order valence-corrected chi connectivity index (χ3v) is 2.90. The van der Waals surface area contributed by atoms with Gasteiger partial charge in [0.15, 0.2) is 0 Å². The summed E-state index contributed by atoms with van der Waals surface area (Å²) in [5, 5.41) is 2.87. The summed E-state index contributed by atoms with van der Waals surface area (Å²) in [7, 11) is -1.68. The summed E-state index contributed by atoms with van der Waals surface area (Å²) in [5.74, 6) is -0.275. The summed E-state index contributed by atoms with van der Waals surface area (Å²) in [4.78, 5) is 11.3. The normalized spacial score (nSPS) is 13.9. The fraction of sp³-hybridized carbons (Fsp3) is 0.889.